The van der Waals surface area contributed by atoms with Gasteiger partial charge in [0.25, 0.3) is 11.4 Å². The molecule has 0 aliphatic heterocycles. The van der Waals surface area contributed by atoms with E-state index in [4.69, 9.17) is 14.7 Å². The lowest BCUT2D eigenvalue weighted by atomic mass is 10.2. The van der Waals surface area contributed by atoms with Crippen LogP contribution < -0.4 is 19.7 Å². The third kappa shape index (κ3) is 7.69. The zero-order valence-corrected chi connectivity index (χ0v) is 21.9. The molecule has 0 aromatic heterocycles. The van der Waals surface area contributed by atoms with E-state index in [-0.39, 0.29) is 17.8 Å². The van der Waals surface area contributed by atoms with Crippen LogP contribution in [0.4, 0.5) is 34.1 Å². The first-order valence-electron chi connectivity index (χ1n) is 12.0. The predicted molar refractivity (Wildman–Crippen MR) is 153 cm³/mol. The summed E-state index contributed by atoms with van der Waals surface area (Å²) in [6, 6.07) is 30.0. The van der Waals surface area contributed by atoms with Gasteiger partial charge in [0.2, 0.25) is 0 Å². The van der Waals surface area contributed by atoms with Gasteiger partial charge in [-0.05, 0) is 48.5 Å². The zero-order chi connectivity index (χ0) is 28.9. The second-order valence-corrected chi connectivity index (χ2v) is 8.14. The number of para-hydroxylation sites is 2. The first-order chi connectivity index (χ1) is 19.4. The molecule has 0 spiro atoms. The van der Waals surface area contributed by atoms with E-state index in [2.05, 4.69) is 11.4 Å². The predicted octanol–water partition coefficient (Wildman–Crippen LogP) is 7.00. The van der Waals surface area contributed by atoms with Gasteiger partial charge in [0.05, 0.1) is 48.7 Å². The largest absolute Gasteiger partial charge is 0.496 e. The first kappa shape index (κ1) is 28.9. The van der Waals surface area contributed by atoms with Gasteiger partial charge >= 0.3 is 0 Å². The number of anilines is 4. The van der Waals surface area contributed by atoms with Gasteiger partial charge < -0.3 is 19.7 Å². The Bertz CT molecular complexity index is 1480. The Kier molecular flexibility index (Phi) is 10.4. The summed E-state index contributed by atoms with van der Waals surface area (Å²) in [5.74, 6) is 0.879. The Labute approximate surface area is 231 Å². The van der Waals surface area contributed by atoms with E-state index in [1.807, 2.05) is 60.7 Å². The quantitative estimate of drug-likeness (QED) is 0.166. The van der Waals surface area contributed by atoms with E-state index in [1.165, 1.54) is 26.4 Å². The summed E-state index contributed by atoms with van der Waals surface area (Å²) in [5.41, 5.74) is 2.40. The number of nitro groups is 2. The molecule has 0 heterocycles. The van der Waals surface area contributed by atoms with Gasteiger partial charge in [0.1, 0.15) is 22.9 Å². The summed E-state index contributed by atoms with van der Waals surface area (Å²) in [4.78, 5) is 23.2. The fourth-order valence-electron chi connectivity index (χ4n) is 3.74. The molecule has 11 heteroatoms. The van der Waals surface area contributed by atoms with Gasteiger partial charge in [0.15, 0.2) is 0 Å². The lowest BCUT2D eigenvalue weighted by Crippen LogP contribution is -2.19. The molecule has 0 amide bonds. The van der Waals surface area contributed by atoms with Crippen LogP contribution in [0.25, 0.3) is 0 Å². The first-order valence-corrected chi connectivity index (χ1v) is 12.0. The van der Waals surface area contributed by atoms with Gasteiger partial charge in [0, 0.05) is 17.9 Å². The van der Waals surface area contributed by atoms with Crippen LogP contribution in [-0.2, 0) is 0 Å². The Hall–Kier alpha value is -5.63. The normalized spacial score (nSPS) is 9.82. The lowest BCUT2D eigenvalue weighted by molar-refractivity contribution is -0.384. The second-order valence-electron chi connectivity index (χ2n) is 8.14. The molecule has 40 heavy (non-hydrogen) atoms. The highest BCUT2D eigenvalue weighted by Crippen LogP contribution is 2.36. The van der Waals surface area contributed by atoms with Gasteiger partial charge in [-0.2, -0.15) is 5.26 Å². The molecule has 4 aromatic carbocycles. The molecule has 0 fully saturated rings. The standard InChI is InChI=1S/C16H15N3O3.C13H12N2O3/c1-22-14-8-9-15(16(12-14)19(20)21)18(11-5-10-17)13-6-3-2-4-7-13;1-18-11-7-8-12(13(9-11)15(16)17)14-10-5-3-2-4-6-10/h2-4,6-9,12H,5,11H2,1H3;2-9,14H,1H3. The Balaban J connectivity index is 0.000000225. The van der Waals surface area contributed by atoms with Crippen molar-refractivity contribution in [1.29, 1.82) is 5.26 Å². The molecule has 0 atom stereocenters. The van der Waals surface area contributed by atoms with Crippen LogP contribution in [0.2, 0.25) is 0 Å². The number of nitrogens with zero attached hydrogens (tertiary/aromatic N) is 4. The Morgan fingerprint density at radius 3 is 1.90 bits per heavy atom. The molecule has 0 radical (unpaired) electrons. The second kappa shape index (κ2) is 14.3. The molecule has 0 aliphatic rings. The van der Waals surface area contributed by atoms with E-state index in [1.54, 1.807) is 29.2 Å². The number of benzene rings is 4. The van der Waals surface area contributed by atoms with Crippen molar-refractivity contribution in [3.63, 3.8) is 0 Å². The molecular formula is C29H27N5O6. The van der Waals surface area contributed by atoms with Gasteiger partial charge in [-0.3, -0.25) is 20.2 Å². The third-order valence-corrected chi connectivity index (χ3v) is 5.64. The summed E-state index contributed by atoms with van der Waals surface area (Å²) in [6.45, 7) is 0.369. The van der Waals surface area contributed by atoms with Gasteiger partial charge in [-0.1, -0.05) is 36.4 Å². The number of hydrogen-bond acceptors (Lipinski definition) is 9. The smallest absolute Gasteiger partial charge is 0.296 e. The minimum Gasteiger partial charge on any atom is -0.496 e. The Morgan fingerprint density at radius 2 is 1.35 bits per heavy atom. The number of nitriles is 1. The van der Waals surface area contributed by atoms with Crippen molar-refractivity contribution in [2.24, 2.45) is 0 Å². The van der Waals surface area contributed by atoms with Crippen molar-refractivity contribution < 1.29 is 19.3 Å². The topological polar surface area (TPSA) is 144 Å². The number of rotatable bonds is 10. The van der Waals surface area contributed by atoms with Crippen LogP contribution in [-0.4, -0.2) is 30.6 Å². The molecule has 1 N–H and O–H groups in total. The highest BCUT2D eigenvalue weighted by atomic mass is 16.6. The summed E-state index contributed by atoms with van der Waals surface area (Å²) >= 11 is 0. The minimum atomic E-state index is -0.444. The summed E-state index contributed by atoms with van der Waals surface area (Å²) in [6.07, 6.45) is 0.262. The van der Waals surface area contributed by atoms with Crippen molar-refractivity contribution in [2.75, 3.05) is 31.0 Å². The average Bonchev–Trinajstić information content (AvgIpc) is 2.99. The maximum absolute atomic E-state index is 11.4. The molecule has 204 valence electrons. The number of nitro benzene ring substituents is 2. The molecule has 4 aromatic rings. The van der Waals surface area contributed by atoms with Gasteiger partial charge in [-0.15, -0.1) is 0 Å². The zero-order valence-electron chi connectivity index (χ0n) is 21.9. The summed E-state index contributed by atoms with van der Waals surface area (Å²) in [7, 11) is 2.94. The molecule has 0 saturated carbocycles. The average molecular weight is 542 g/mol. The van der Waals surface area contributed by atoms with E-state index in [0.29, 0.717) is 29.4 Å². The summed E-state index contributed by atoms with van der Waals surface area (Å²) in [5, 5.41) is 34.2. The van der Waals surface area contributed by atoms with Crippen LogP contribution in [0.1, 0.15) is 6.42 Å². The maximum atomic E-state index is 11.4. The van der Waals surface area contributed by atoms with Crippen LogP contribution in [0.3, 0.4) is 0 Å². The molecule has 0 bridgehead atoms. The SMILES string of the molecule is COc1ccc(N(CCC#N)c2ccccc2)c([N+](=O)[O-])c1.COc1ccc(Nc2ccccc2)c([N+](=O)[O-])c1. The van der Waals surface area contributed by atoms with E-state index in [9.17, 15) is 20.2 Å². The summed E-state index contributed by atoms with van der Waals surface area (Å²) < 4.78 is 10.0. The molecule has 0 aliphatic carbocycles. The van der Waals surface area contributed by atoms with Gasteiger partial charge in [-0.25, -0.2) is 0 Å². The van der Waals surface area contributed by atoms with Crippen LogP contribution in [0, 0.1) is 31.6 Å². The minimum absolute atomic E-state index is 0.0156. The third-order valence-electron chi connectivity index (χ3n) is 5.64. The van der Waals surface area contributed by atoms with E-state index >= 15 is 0 Å². The number of hydrogen-bond donors (Lipinski definition) is 1. The maximum Gasteiger partial charge on any atom is 0.296 e. The molecular weight excluding hydrogens is 514 g/mol. The fraction of sp³-hybridized carbons (Fsp3) is 0.138. The molecule has 11 nitrogen and oxygen atoms in total. The van der Waals surface area contributed by atoms with Crippen molar-refractivity contribution in [3.05, 3.63) is 117 Å². The number of nitrogens with one attached hydrogen (secondary N) is 1. The monoisotopic (exact) mass is 541 g/mol. The van der Waals surface area contributed by atoms with Crippen LogP contribution >= 0.6 is 0 Å². The molecule has 0 saturated heterocycles. The van der Waals surface area contributed by atoms with E-state index < -0.39 is 9.85 Å². The fourth-order valence-corrected chi connectivity index (χ4v) is 3.74. The van der Waals surface area contributed by atoms with Crippen LogP contribution in [0.5, 0.6) is 11.5 Å². The van der Waals surface area contributed by atoms with Crippen molar-refractivity contribution in [3.8, 4) is 17.6 Å². The molecule has 4 rings (SSSR count). The molecule has 0 unspecified atom stereocenters. The van der Waals surface area contributed by atoms with Crippen molar-refractivity contribution >= 4 is 34.1 Å². The highest BCUT2D eigenvalue weighted by Gasteiger charge is 2.21. The highest BCUT2D eigenvalue weighted by molar-refractivity contribution is 5.73. The number of ether oxygens (including phenoxy) is 2. The number of methoxy groups -OCH3 is 2. The van der Waals surface area contributed by atoms with Crippen molar-refractivity contribution in [1.82, 2.24) is 0 Å². The van der Waals surface area contributed by atoms with E-state index in [0.717, 1.165) is 11.4 Å². The van der Waals surface area contributed by atoms with Crippen molar-refractivity contribution in [2.45, 2.75) is 6.42 Å². The lowest BCUT2D eigenvalue weighted by Gasteiger charge is -2.23. The Morgan fingerprint density at radius 1 is 0.800 bits per heavy atom. The van der Waals surface area contributed by atoms with Crippen LogP contribution in [0.15, 0.2) is 97.1 Å².